The zero-order chi connectivity index (χ0) is 21.0. The van der Waals surface area contributed by atoms with E-state index in [1.54, 1.807) is 7.11 Å². The molecule has 1 unspecified atom stereocenters. The first kappa shape index (κ1) is 20.7. The number of likely N-dealkylation sites (tertiary alicyclic amines) is 1. The molecule has 0 aromatic heterocycles. The fourth-order valence-corrected chi connectivity index (χ4v) is 4.74. The van der Waals surface area contributed by atoms with E-state index >= 15 is 0 Å². The van der Waals surface area contributed by atoms with E-state index in [9.17, 15) is 9.90 Å². The van der Waals surface area contributed by atoms with Crippen LogP contribution < -0.4 is 9.47 Å². The highest BCUT2D eigenvalue weighted by molar-refractivity contribution is 5.72. The quantitative estimate of drug-likeness (QED) is 0.751. The van der Waals surface area contributed by atoms with E-state index in [2.05, 4.69) is 4.90 Å². The van der Waals surface area contributed by atoms with E-state index in [0.717, 1.165) is 30.5 Å². The number of benzene rings is 2. The van der Waals surface area contributed by atoms with Crippen LogP contribution in [0.3, 0.4) is 0 Å². The van der Waals surface area contributed by atoms with Crippen molar-refractivity contribution in [3.8, 4) is 11.5 Å². The van der Waals surface area contributed by atoms with Crippen LogP contribution in [0.5, 0.6) is 11.5 Å². The summed E-state index contributed by atoms with van der Waals surface area (Å²) in [6.07, 6.45) is 1.63. The van der Waals surface area contributed by atoms with Gasteiger partial charge in [-0.1, -0.05) is 36.4 Å². The molecule has 0 radical (unpaired) electrons. The minimum absolute atomic E-state index is 0.174. The lowest BCUT2D eigenvalue weighted by Gasteiger charge is -2.36. The summed E-state index contributed by atoms with van der Waals surface area (Å²) in [5.41, 5.74) is 2.02. The van der Waals surface area contributed by atoms with Gasteiger partial charge < -0.3 is 19.3 Å². The van der Waals surface area contributed by atoms with Gasteiger partial charge in [0.05, 0.1) is 13.0 Å². The van der Waals surface area contributed by atoms with E-state index in [1.807, 2.05) is 48.5 Å². The maximum atomic E-state index is 11.9. The number of methoxy groups -OCH3 is 1. The standard InChI is InChI=1S/C24H29NO5/c1-28-22-13-19(7-8-21(22)30-16-18-5-3-2-4-6-18)14-25-15-20(23(26)27)24(17-25)9-11-29-12-10-24/h2-8,13,20H,9-12,14-17H2,1H3,(H,26,27). The first-order valence-electron chi connectivity index (χ1n) is 10.5. The first-order valence-corrected chi connectivity index (χ1v) is 10.5. The summed E-state index contributed by atoms with van der Waals surface area (Å²) in [4.78, 5) is 14.2. The molecular weight excluding hydrogens is 382 g/mol. The lowest BCUT2D eigenvalue weighted by Crippen LogP contribution is -2.40. The van der Waals surface area contributed by atoms with Gasteiger partial charge in [-0.15, -0.1) is 0 Å². The number of carbonyl (C=O) groups is 1. The van der Waals surface area contributed by atoms with Crippen molar-refractivity contribution >= 4 is 5.97 Å². The number of aliphatic carboxylic acids is 1. The number of hydrogen-bond acceptors (Lipinski definition) is 5. The van der Waals surface area contributed by atoms with Gasteiger partial charge >= 0.3 is 5.97 Å². The normalized spacial score (nSPS) is 20.9. The van der Waals surface area contributed by atoms with Crippen LogP contribution >= 0.6 is 0 Å². The van der Waals surface area contributed by atoms with Crippen LogP contribution in [0.15, 0.2) is 48.5 Å². The Hall–Kier alpha value is -2.57. The number of carboxylic acid groups (broad SMARTS) is 1. The Morgan fingerprint density at radius 1 is 1.13 bits per heavy atom. The monoisotopic (exact) mass is 411 g/mol. The van der Waals surface area contributed by atoms with Gasteiger partial charge in [0.1, 0.15) is 6.61 Å². The summed E-state index contributed by atoms with van der Waals surface area (Å²) in [5, 5.41) is 9.78. The lowest BCUT2D eigenvalue weighted by atomic mass is 9.72. The van der Waals surface area contributed by atoms with Gasteiger partial charge in [0, 0.05) is 38.3 Å². The first-order chi connectivity index (χ1) is 14.6. The number of hydrogen-bond donors (Lipinski definition) is 1. The van der Waals surface area contributed by atoms with Crippen molar-refractivity contribution in [2.45, 2.75) is 26.0 Å². The molecule has 2 fully saturated rings. The van der Waals surface area contributed by atoms with Crippen LogP contribution in [0.4, 0.5) is 0 Å². The predicted octanol–water partition coefficient (Wildman–Crippen LogP) is 3.59. The van der Waals surface area contributed by atoms with Gasteiger partial charge in [0.15, 0.2) is 11.5 Å². The van der Waals surface area contributed by atoms with Crippen molar-refractivity contribution in [1.29, 1.82) is 0 Å². The average Bonchev–Trinajstić information content (AvgIpc) is 3.11. The Morgan fingerprint density at radius 2 is 1.90 bits per heavy atom. The van der Waals surface area contributed by atoms with Crippen LogP contribution in [0.25, 0.3) is 0 Å². The molecule has 160 valence electrons. The minimum atomic E-state index is -0.693. The molecule has 4 rings (SSSR count). The van der Waals surface area contributed by atoms with E-state index in [4.69, 9.17) is 14.2 Å². The number of rotatable bonds is 7. The third kappa shape index (κ3) is 4.45. The topological polar surface area (TPSA) is 68.2 Å². The third-order valence-corrected chi connectivity index (χ3v) is 6.38. The van der Waals surface area contributed by atoms with E-state index in [1.165, 1.54) is 0 Å². The second kappa shape index (κ2) is 9.06. The van der Waals surface area contributed by atoms with Gasteiger partial charge in [-0.2, -0.15) is 0 Å². The Balaban J connectivity index is 1.43. The summed E-state index contributed by atoms with van der Waals surface area (Å²) >= 11 is 0. The maximum absolute atomic E-state index is 11.9. The third-order valence-electron chi connectivity index (χ3n) is 6.38. The van der Waals surface area contributed by atoms with Crippen molar-refractivity contribution in [3.05, 3.63) is 59.7 Å². The summed E-state index contributed by atoms with van der Waals surface area (Å²) in [5.74, 6) is 0.368. The molecule has 6 heteroatoms. The maximum Gasteiger partial charge on any atom is 0.308 e. The van der Waals surface area contributed by atoms with E-state index in [-0.39, 0.29) is 11.3 Å². The molecule has 2 saturated heterocycles. The van der Waals surface area contributed by atoms with Gasteiger partial charge in [-0.3, -0.25) is 9.69 Å². The van der Waals surface area contributed by atoms with E-state index < -0.39 is 5.97 Å². The zero-order valence-corrected chi connectivity index (χ0v) is 17.4. The van der Waals surface area contributed by atoms with Gasteiger partial charge in [0.25, 0.3) is 0 Å². The van der Waals surface area contributed by atoms with Gasteiger partial charge in [0.2, 0.25) is 0 Å². The van der Waals surface area contributed by atoms with E-state index in [0.29, 0.717) is 44.4 Å². The Morgan fingerprint density at radius 3 is 2.60 bits per heavy atom. The van der Waals surface area contributed by atoms with Gasteiger partial charge in [-0.25, -0.2) is 0 Å². The molecule has 0 saturated carbocycles. The Bertz CT molecular complexity index is 863. The highest BCUT2D eigenvalue weighted by Gasteiger charge is 2.50. The summed E-state index contributed by atoms with van der Waals surface area (Å²) in [6, 6.07) is 16.0. The van der Waals surface area contributed by atoms with Crippen molar-refractivity contribution in [2.75, 3.05) is 33.4 Å². The molecule has 1 atom stereocenters. The second-order valence-corrected chi connectivity index (χ2v) is 8.29. The fourth-order valence-electron chi connectivity index (χ4n) is 4.74. The zero-order valence-electron chi connectivity index (χ0n) is 17.4. The highest BCUT2D eigenvalue weighted by Crippen LogP contribution is 2.45. The largest absolute Gasteiger partial charge is 0.493 e. The molecule has 30 heavy (non-hydrogen) atoms. The van der Waals surface area contributed by atoms with Gasteiger partial charge in [-0.05, 0) is 36.1 Å². The number of ether oxygens (including phenoxy) is 3. The molecule has 1 N–H and O–H groups in total. The SMILES string of the molecule is COc1cc(CN2CC(C(=O)O)C3(CCOCC3)C2)ccc1OCc1ccccc1. The molecule has 0 aliphatic carbocycles. The van der Waals surface area contributed by atoms with Crippen LogP contribution in [0, 0.1) is 11.3 Å². The smallest absolute Gasteiger partial charge is 0.308 e. The van der Waals surface area contributed by atoms with Crippen molar-refractivity contribution in [2.24, 2.45) is 11.3 Å². The fraction of sp³-hybridized carbons (Fsp3) is 0.458. The van der Waals surface area contributed by atoms with Crippen molar-refractivity contribution in [3.63, 3.8) is 0 Å². The second-order valence-electron chi connectivity index (χ2n) is 8.29. The summed E-state index contributed by atoms with van der Waals surface area (Å²) < 4.78 is 17.0. The average molecular weight is 411 g/mol. The molecule has 1 spiro atoms. The van der Waals surface area contributed by atoms with Crippen LogP contribution in [0.1, 0.15) is 24.0 Å². The summed E-state index contributed by atoms with van der Waals surface area (Å²) in [6.45, 7) is 3.85. The molecule has 2 heterocycles. The predicted molar refractivity (Wildman–Crippen MR) is 113 cm³/mol. The highest BCUT2D eigenvalue weighted by atomic mass is 16.5. The molecule has 2 aliphatic heterocycles. The molecule has 6 nitrogen and oxygen atoms in total. The lowest BCUT2D eigenvalue weighted by molar-refractivity contribution is -0.147. The van der Waals surface area contributed by atoms with Crippen LogP contribution in [-0.4, -0.2) is 49.4 Å². The Kier molecular flexibility index (Phi) is 6.25. The summed E-state index contributed by atoms with van der Waals surface area (Å²) in [7, 11) is 1.64. The molecular formula is C24H29NO5. The number of carboxylic acids is 1. The molecule has 2 aromatic rings. The molecule has 0 bridgehead atoms. The van der Waals surface area contributed by atoms with Crippen molar-refractivity contribution < 1.29 is 24.1 Å². The molecule has 2 aliphatic rings. The molecule has 0 amide bonds. The Labute approximate surface area is 177 Å². The molecule has 2 aromatic carbocycles. The van der Waals surface area contributed by atoms with Crippen LogP contribution in [0.2, 0.25) is 0 Å². The van der Waals surface area contributed by atoms with Crippen molar-refractivity contribution in [1.82, 2.24) is 4.90 Å². The minimum Gasteiger partial charge on any atom is -0.493 e. The number of nitrogens with zero attached hydrogens (tertiary/aromatic N) is 1. The van der Waals surface area contributed by atoms with Crippen LogP contribution in [-0.2, 0) is 22.7 Å².